The van der Waals surface area contributed by atoms with Crippen LogP contribution in [-0.4, -0.2) is 11.6 Å². The Labute approximate surface area is 126 Å². The zero-order valence-electron chi connectivity index (χ0n) is 11.6. The third-order valence-electron chi connectivity index (χ3n) is 2.01. The van der Waals surface area contributed by atoms with Gasteiger partial charge in [-0.3, -0.25) is 9.59 Å². The number of rotatable bonds is 8. The molecule has 0 atom stereocenters. The number of unbranched alkanes of at least 4 members (excludes halogenated alkanes) is 2. The lowest BCUT2D eigenvalue weighted by Gasteiger charge is -1.88. The molecule has 18 heavy (non-hydrogen) atoms. The van der Waals surface area contributed by atoms with Gasteiger partial charge in [0.15, 0.2) is 11.6 Å². The SMILES string of the molecule is C=CC(=O)CCCC.C=CC(=O)CCCC.S.S. The Balaban J connectivity index is -0.0000000980. The molecule has 0 saturated carbocycles. The van der Waals surface area contributed by atoms with Gasteiger partial charge >= 0.3 is 0 Å². The van der Waals surface area contributed by atoms with Crippen molar-refractivity contribution in [2.45, 2.75) is 52.4 Å². The first-order chi connectivity index (χ1) is 7.62. The van der Waals surface area contributed by atoms with E-state index in [1.54, 1.807) is 0 Å². The van der Waals surface area contributed by atoms with Gasteiger partial charge in [-0.25, -0.2) is 0 Å². The van der Waals surface area contributed by atoms with Crippen molar-refractivity contribution >= 4 is 38.6 Å². The van der Waals surface area contributed by atoms with E-state index in [9.17, 15) is 9.59 Å². The van der Waals surface area contributed by atoms with Gasteiger partial charge < -0.3 is 0 Å². The van der Waals surface area contributed by atoms with E-state index in [4.69, 9.17) is 0 Å². The number of ketones is 2. The van der Waals surface area contributed by atoms with Gasteiger partial charge in [0.25, 0.3) is 0 Å². The number of carbonyl (C=O) groups excluding carboxylic acids is 2. The average Bonchev–Trinajstić information content (AvgIpc) is 2.33. The van der Waals surface area contributed by atoms with E-state index < -0.39 is 0 Å². The zero-order valence-corrected chi connectivity index (χ0v) is 13.6. The van der Waals surface area contributed by atoms with Crippen LogP contribution in [0.2, 0.25) is 0 Å². The summed E-state index contributed by atoms with van der Waals surface area (Å²) < 4.78 is 0. The van der Waals surface area contributed by atoms with E-state index >= 15 is 0 Å². The second-order valence-electron chi connectivity index (χ2n) is 3.55. The number of hydrogen-bond acceptors (Lipinski definition) is 2. The zero-order chi connectivity index (χ0) is 12.8. The van der Waals surface area contributed by atoms with Crippen LogP contribution in [-0.2, 0) is 9.59 Å². The normalized spacial score (nSPS) is 7.67. The van der Waals surface area contributed by atoms with Crippen molar-refractivity contribution in [1.82, 2.24) is 0 Å². The van der Waals surface area contributed by atoms with Gasteiger partial charge in [0.2, 0.25) is 0 Å². The monoisotopic (exact) mass is 292 g/mol. The molecular weight excluding hydrogens is 264 g/mol. The van der Waals surface area contributed by atoms with Crippen LogP contribution in [0.15, 0.2) is 25.3 Å². The minimum atomic E-state index is 0. The smallest absolute Gasteiger partial charge is 0.155 e. The Kier molecular flexibility index (Phi) is 31.6. The number of allylic oxidation sites excluding steroid dienone is 2. The molecule has 0 aliphatic rings. The molecule has 0 fully saturated rings. The summed E-state index contributed by atoms with van der Waals surface area (Å²) in [5.74, 6) is 0.318. The molecule has 2 nitrogen and oxygen atoms in total. The highest BCUT2D eigenvalue weighted by Crippen LogP contribution is 1.94. The molecule has 0 aliphatic carbocycles. The fourth-order valence-electron chi connectivity index (χ4n) is 0.906. The van der Waals surface area contributed by atoms with E-state index in [0.29, 0.717) is 12.8 Å². The molecule has 0 aromatic carbocycles. The molecule has 0 spiro atoms. The molecule has 0 unspecified atom stereocenters. The Morgan fingerprint density at radius 3 is 1.28 bits per heavy atom. The van der Waals surface area contributed by atoms with Crippen LogP contribution >= 0.6 is 27.0 Å². The predicted molar refractivity (Wildman–Crippen MR) is 90.2 cm³/mol. The predicted octanol–water partition coefficient (Wildman–Crippen LogP) is 4.09. The highest BCUT2D eigenvalue weighted by Gasteiger charge is 1.91. The maximum absolute atomic E-state index is 10.5. The molecule has 0 bridgehead atoms. The fourth-order valence-corrected chi connectivity index (χ4v) is 0.906. The van der Waals surface area contributed by atoms with Crippen molar-refractivity contribution in [2.75, 3.05) is 0 Å². The minimum absolute atomic E-state index is 0. The Hall–Kier alpha value is -0.480. The van der Waals surface area contributed by atoms with Crippen molar-refractivity contribution in [3.63, 3.8) is 0 Å². The summed E-state index contributed by atoms with van der Waals surface area (Å²) in [5, 5.41) is 0. The first kappa shape index (κ1) is 26.2. The summed E-state index contributed by atoms with van der Waals surface area (Å²) >= 11 is 0. The van der Waals surface area contributed by atoms with Crippen molar-refractivity contribution in [3.05, 3.63) is 25.3 Å². The third-order valence-corrected chi connectivity index (χ3v) is 2.01. The van der Waals surface area contributed by atoms with Crippen LogP contribution in [0.3, 0.4) is 0 Å². The van der Waals surface area contributed by atoms with Crippen LogP contribution in [0.4, 0.5) is 0 Å². The standard InChI is InChI=1S/2C7H12O.2H2S/c2*1-3-5-6-7(8)4-2;;/h2*4H,2-3,5-6H2,1H3;2*1H2. The molecule has 0 heterocycles. The van der Waals surface area contributed by atoms with Crippen LogP contribution < -0.4 is 0 Å². The molecular formula is C14H28O2S2. The van der Waals surface area contributed by atoms with E-state index in [-0.39, 0.29) is 38.6 Å². The van der Waals surface area contributed by atoms with Gasteiger partial charge in [0.1, 0.15) is 0 Å². The minimum Gasteiger partial charge on any atom is -0.295 e. The lowest BCUT2D eigenvalue weighted by molar-refractivity contribution is -0.115. The van der Waals surface area contributed by atoms with Gasteiger partial charge in [0, 0.05) is 12.8 Å². The quantitative estimate of drug-likeness (QED) is 0.631. The maximum atomic E-state index is 10.5. The lowest BCUT2D eigenvalue weighted by Crippen LogP contribution is -1.89. The Morgan fingerprint density at radius 1 is 0.833 bits per heavy atom. The van der Waals surface area contributed by atoms with Crippen molar-refractivity contribution < 1.29 is 9.59 Å². The molecule has 108 valence electrons. The molecule has 0 N–H and O–H groups in total. The molecule has 0 aromatic rings. The van der Waals surface area contributed by atoms with Crippen LogP contribution in [0.25, 0.3) is 0 Å². The van der Waals surface area contributed by atoms with Gasteiger partial charge in [-0.15, -0.1) is 0 Å². The van der Waals surface area contributed by atoms with Crippen LogP contribution in [0, 0.1) is 0 Å². The first-order valence-corrected chi connectivity index (χ1v) is 5.92. The van der Waals surface area contributed by atoms with E-state index in [0.717, 1.165) is 25.7 Å². The molecule has 0 rings (SSSR count). The average molecular weight is 293 g/mol. The topological polar surface area (TPSA) is 34.1 Å². The molecule has 0 radical (unpaired) electrons. The molecule has 0 aromatic heterocycles. The molecule has 0 aliphatic heterocycles. The van der Waals surface area contributed by atoms with E-state index in [2.05, 4.69) is 27.0 Å². The van der Waals surface area contributed by atoms with Gasteiger partial charge in [-0.05, 0) is 25.0 Å². The van der Waals surface area contributed by atoms with Gasteiger partial charge in [-0.2, -0.15) is 27.0 Å². The second-order valence-corrected chi connectivity index (χ2v) is 3.55. The molecule has 0 saturated heterocycles. The second kappa shape index (κ2) is 21.8. The summed E-state index contributed by atoms with van der Waals surface area (Å²) in [6.45, 7) is 10.9. The Morgan fingerprint density at radius 2 is 1.11 bits per heavy atom. The summed E-state index contributed by atoms with van der Waals surface area (Å²) in [5.41, 5.74) is 0. The maximum Gasteiger partial charge on any atom is 0.155 e. The molecule has 4 heteroatoms. The third kappa shape index (κ3) is 24.7. The van der Waals surface area contributed by atoms with Crippen LogP contribution in [0.1, 0.15) is 52.4 Å². The Bertz CT molecular complexity index is 202. The van der Waals surface area contributed by atoms with Crippen LogP contribution in [0.5, 0.6) is 0 Å². The van der Waals surface area contributed by atoms with Crippen molar-refractivity contribution in [1.29, 1.82) is 0 Å². The van der Waals surface area contributed by atoms with Crippen molar-refractivity contribution in [2.24, 2.45) is 0 Å². The van der Waals surface area contributed by atoms with Crippen molar-refractivity contribution in [3.8, 4) is 0 Å². The largest absolute Gasteiger partial charge is 0.295 e. The highest BCUT2D eigenvalue weighted by molar-refractivity contribution is 7.59. The summed E-state index contributed by atoms with van der Waals surface area (Å²) in [7, 11) is 0. The van der Waals surface area contributed by atoms with Gasteiger partial charge in [0.05, 0.1) is 0 Å². The first-order valence-electron chi connectivity index (χ1n) is 5.92. The van der Waals surface area contributed by atoms with Gasteiger partial charge in [-0.1, -0.05) is 39.8 Å². The summed E-state index contributed by atoms with van der Waals surface area (Å²) in [4.78, 5) is 20.9. The number of carbonyl (C=O) groups is 2. The number of hydrogen-bond donors (Lipinski definition) is 0. The van der Waals surface area contributed by atoms with E-state index in [1.807, 2.05) is 0 Å². The summed E-state index contributed by atoms with van der Waals surface area (Å²) in [6.07, 6.45) is 8.25. The lowest BCUT2D eigenvalue weighted by atomic mass is 10.2. The highest BCUT2D eigenvalue weighted by atomic mass is 32.1. The molecule has 0 amide bonds. The summed E-state index contributed by atoms with van der Waals surface area (Å²) in [6, 6.07) is 0. The van der Waals surface area contributed by atoms with E-state index in [1.165, 1.54) is 12.2 Å². The fraction of sp³-hybridized carbons (Fsp3) is 0.571.